The molecule has 2 heterocycles. The number of rotatable bonds is 6. The highest BCUT2D eigenvalue weighted by atomic mass is 79.9. The van der Waals surface area contributed by atoms with E-state index in [1.807, 2.05) is 26.0 Å². The van der Waals surface area contributed by atoms with E-state index >= 15 is 0 Å². The first-order valence-corrected chi connectivity index (χ1v) is 13.0. The van der Waals surface area contributed by atoms with Crippen molar-refractivity contribution in [3.63, 3.8) is 0 Å². The smallest absolute Gasteiger partial charge is 0.344 e. The van der Waals surface area contributed by atoms with E-state index in [2.05, 4.69) is 50.6 Å². The normalized spacial score (nSPS) is 15.7. The van der Waals surface area contributed by atoms with E-state index in [0.29, 0.717) is 21.4 Å². The maximum absolute atomic E-state index is 12.7. The minimum atomic E-state index is -0.603. The minimum absolute atomic E-state index is 0.0706. The van der Waals surface area contributed by atoms with Crippen LogP contribution in [0.1, 0.15) is 29.4 Å². The second-order valence-electron chi connectivity index (χ2n) is 8.27. The number of carbonyl (C=O) groups is 1. The summed E-state index contributed by atoms with van der Waals surface area (Å²) < 4.78 is 13.7. The van der Waals surface area contributed by atoms with Crippen LogP contribution in [0.25, 0.3) is 11.8 Å². The number of hydrogen-bond acceptors (Lipinski definition) is 6. The summed E-state index contributed by atoms with van der Waals surface area (Å²) in [6.45, 7) is 8.07. The second-order valence-corrected chi connectivity index (χ2v) is 10.2. The zero-order valence-electron chi connectivity index (χ0n) is 20.8. The van der Waals surface area contributed by atoms with E-state index in [4.69, 9.17) is 9.47 Å². The lowest BCUT2D eigenvalue weighted by molar-refractivity contribution is -0.138. The van der Waals surface area contributed by atoms with Gasteiger partial charge in [-0.1, -0.05) is 27.7 Å². The Hall–Kier alpha value is -3.23. The third-order valence-corrected chi connectivity index (χ3v) is 7.74. The Morgan fingerprint density at radius 1 is 1.14 bits per heavy atom. The predicted molar refractivity (Wildman–Crippen MR) is 150 cm³/mol. The molecule has 3 aromatic rings. The Labute approximate surface area is 223 Å². The Bertz CT molecular complexity index is 1420. The fourth-order valence-electron chi connectivity index (χ4n) is 4.01. The number of halogens is 1. The highest BCUT2D eigenvalue weighted by molar-refractivity contribution is 9.10. The van der Waals surface area contributed by atoms with Crippen LogP contribution in [0.2, 0.25) is 0 Å². The van der Waals surface area contributed by atoms with E-state index < -0.39 is 5.97 Å². The number of aliphatic imine (C=N–C) groups is 1. The number of esters is 1. The zero-order chi connectivity index (χ0) is 26.0. The molecule has 1 N–H and O–H groups in total. The second kappa shape index (κ2) is 10.8. The first-order valence-electron chi connectivity index (χ1n) is 11.4. The van der Waals surface area contributed by atoms with E-state index in [0.717, 1.165) is 32.7 Å². The van der Waals surface area contributed by atoms with Crippen molar-refractivity contribution in [3.05, 3.63) is 91.8 Å². The van der Waals surface area contributed by atoms with E-state index in [1.165, 1.54) is 11.8 Å². The number of aliphatic hydroxyl groups is 1. The molecule has 1 aliphatic heterocycles. The van der Waals surface area contributed by atoms with Crippen LogP contribution in [0.15, 0.2) is 74.2 Å². The average Bonchev–Trinajstić information content (AvgIpc) is 3.31. The van der Waals surface area contributed by atoms with Crippen LogP contribution in [0.3, 0.4) is 0 Å². The number of ether oxygens (including phenoxy) is 2. The van der Waals surface area contributed by atoms with Crippen LogP contribution in [0, 0.1) is 20.8 Å². The number of benzene rings is 2. The summed E-state index contributed by atoms with van der Waals surface area (Å²) >= 11 is 4.81. The minimum Gasteiger partial charge on any atom is -0.506 e. The molecular formula is C28H27BrN2O4S. The third-order valence-electron chi connectivity index (χ3n) is 5.83. The molecule has 0 unspecified atom stereocenters. The Kier molecular flexibility index (Phi) is 7.76. The molecule has 2 aromatic carbocycles. The van der Waals surface area contributed by atoms with Crippen molar-refractivity contribution in [1.82, 2.24) is 4.57 Å². The largest absolute Gasteiger partial charge is 0.506 e. The van der Waals surface area contributed by atoms with Crippen molar-refractivity contribution in [2.45, 2.75) is 27.7 Å². The van der Waals surface area contributed by atoms with E-state index in [-0.39, 0.29) is 17.9 Å². The van der Waals surface area contributed by atoms with Gasteiger partial charge in [-0.05, 0) is 93.4 Å². The number of aliphatic hydroxyl groups excluding tert-OH is 1. The van der Waals surface area contributed by atoms with Crippen LogP contribution in [-0.4, -0.2) is 34.4 Å². The molecule has 4 rings (SSSR count). The quantitative estimate of drug-likeness (QED) is 0.315. The number of hydrogen-bond donors (Lipinski definition) is 1. The maximum Gasteiger partial charge on any atom is 0.344 e. The third kappa shape index (κ3) is 5.15. The SMILES string of the molecule is CCOC(=O)C1=C(O)/C(=C/c2cc(C)n(-c3ccc(Br)c(C)c3)c2C)SC1=Nc1ccc(OC)cc1. The molecule has 0 radical (unpaired) electrons. The summed E-state index contributed by atoms with van der Waals surface area (Å²) in [6.07, 6.45) is 1.89. The van der Waals surface area contributed by atoms with Gasteiger partial charge in [0.1, 0.15) is 22.1 Å². The number of methoxy groups -OCH3 is 1. The van der Waals surface area contributed by atoms with Crippen LogP contribution in [0.5, 0.6) is 5.75 Å². The number of aromatic nitrogens is 1. The standard InChI is InChI=1S/C28H27BrN2O4S/c1-6-35-28(33)25-26(32)24(36-27(25)30-20-7-10-22(34-5)11-8-20)15-19-14-17(3)31(18(19)4)21-9-12-23(29)16(2)13-21/h7-15,32H,6H2,1-5H3/b24-15-,30-27?. The van der Waals surface area contributed by atoms with Crippen LogP contribution >= 0.6 is 27.7 Å². The maximum atomic E-state index is 12.7. The molecule has 0 saturated heterocycles. The van der Waals surface area contributed by atoms with Gasteiger partial charge in [0.05, 0.1) is 24.3 Å². The van der Waals surface area contributed by atoms with Gasteiger partial charge >= 0.3 is 5.97 Å². The van der Waals surface area contributed by atoms with Crippen molar-refractivity contribution >= 4 is 50.5 Å². The summed E-state index contributed by atoms with van der Waals surface area (Å²) in [5, 5.41) is 11.5. The molecule has 6 nitrogen and oxygen atoms in total. The zero-order valence-corrected chi connectivity index (χ0v) is 23.2. The highest BCUT2D eigenvalue weighted by Gasteiger charge is 2.33. The monoisotopic (exact) mass is 566 g/mol. The summed E-state index contributed by atoms with van der Waals surface area (Å²) in [7, 11) is 1.60. The van der Waals surface area contributed by atoms with Crippen molar-refractivity contribution in [1.29, 1.82) is 0 Å². The Morgan fingerprint density at radius 3 is 2.50 bits per heavy atom. The lowest BCUT2D eigenvalue weighted by atomic mass is 10.1. The van der Waals surface area contributed by atoms with Crippen molar-refractivity contribution in [3.8, 4) is 11.4 Å². The summed E-state index contributed by atoms with van der Waals surface area (Å²) in [5.41, 5.74) is 5.93. The fourth-order valence-corrected chi connectivity index (χ4v) is 5.28. The van der Waals surface area contributed by atoms with Gasteiger partial charge in [0, 0.05) is 21.5 Å². The van der Waals surface area contributed by atoms with Crippen LogP contribution in [-0.2, 0) is 9.53 Å². The number of thioether (sulfide) groups is 1. The lowest BCUT2D eigenvalue weighted by Gasteiger charge is -2.11. The average molecular weight is 568 g/mol. The van der Waals surface area contributed by atoms with Gasteiger partial charge < -0.3 is 19.1 Å². The summed E-state index contributed by atoms with van der Waals surface area (Å²) in [6, 6.07) is 15.5. The fraction of sp³-hybridized carbons (Fsp3) is 0.214. The number of aryl methyl sites for hydroxylation is 2. The van der Waals surface area contributed by atoms with E-state index in [1.54, 1.807) is 38.3 Å². The lowest BCUT2D eigenvalue weighted by Crippen LogP contribution is -2.12. The Balaban J connectivity index is 1.76. The van der Waals surface area contributed by atoms with Crippen molar-refractivity contribution in [2.24, 2.45) is 4.99 Å². The molecule has 186 valence electrons. The molecule has 1 aromatic heterocycles. The van der Waals surface area contributed by atoms with Crippen LogP contribution in [0.4, 0.5) is 5.69 Å². The molecule has 0 atom stereocenters. The Morgan fingerprint density at radius 2 is 1.86 bits per heavy atom. The molecule has 0 amide bonds. The molecule has 0 fully saturated rings. The molecule has 8 heteroatoms. The van der Waals surface area contributed by atoms with Gasteiger partial charge in [0.15, 0.2) is 0 Å². The molecule has 0 bridgehead atoms. The van der Waals surface area contributed by atoms with Gasteiger partial charge in [-0.3, -0.25) is 0 Å². The summed E-state index contributed by atoms with van der Waals surface area (Å²) in [4.78, 5) is 17.9. The predicted octanol–water partition coefficient (Wildman–Crippen LogP) is 7.37. The molecule has 1 aliphatic rings. The van der Waals surface area contributed by atoms with Gasteiger partial charge in [-0.15, -0.1) is 0 Å². The molecule has 0 spiro atoms. The summed E-state index contributed by atoms with van der Waals surface area (Å²) in [5.74, 6) is -0.0251. The van der Waals surface area contributed by atoms with Crippen LogP contribution < -0.4 is 4.74 Å². The van der Waals surface area contributed by atoms with E-state index in [9.17, 15) is 9.90 Å². The van der Waals surface area contributed by atoms with Gasteiger partial charge in [0.2, 0.25) is 0 Å². The molecule has 0 aliphatic carbocycles. The van der Waals surface area contributed by atoms with Crippen molar-refractivity contribution < 1.29 is 19.4 Å². The van der Waals surface area contributed by atoms with Crippen molar-refractivity contribution in [2.75, 3.05) is 13.7 Å². The first-order chi connectivity index (χ1) is 17.2. The molecular weight excluding hydrogens is 540 g/mol. The first kappa shape index (κ1) is 25.9. The highest BCUT2D eigenvalue weighted by Crippen LogP contribution is 2.41. The van der Waals surface area contributed by atoms with Gasteiger partial charge in [0.25, 0.3) is 0 Å². The number of nitrogens with zero attached hydrogens (tertiary/aromatic N) is 2. The topological polar surface area (TPSA) is 73.0 Å². The van der Waals surface area contributed by atoms with Gasteiger partial charge in [-0.25, -0.2) is 9.79 Å². The molecule has 0 saturated carbocycles. The molecule has 36 heavy (non-hydrogen) atoms. The van der Waals surface area contributed by atoms with Gasteiger partial charge in [-0.2, -0.15) is 0 Å². The number of carbonyl (C=O) groups excluding carboxylic acids is 1.